The average Bonchev–Trinajstić information content (AvgIpc) is 2.29. The molecule has 0 saturated carbocycles. The molecule has 106 valence electrons. The molecule has 1 rings (SSSR count). The van der Waals surface area contributed by atoms with Gasteiger partial charge in [0, 0.05) is 17.0 Å². The fourth-order valence-corrected chi connectivity index (χ4v) is 2.03. The van der Waals surface area contributed by atoms with Crippen LogP contribution in [-0.4, -0.2) is 31.4 Å². The second-order valence-corrected chi connectivity index (χ2v) is 6.37. The number of nitrogens with zero attached hydrogens (tertiary/aromatic N) is 1. The summed E-state index contributed by atoms with van der Waals surface area (Å²) in [5.74, 6) is 0.0476. The highest BCUT2D eigenvalue weighted by molar-refractivity contribution is 6.31. The van der Waals surface area contributed by atoms with Gasteiger partial charge >= 0.3 is 0 Å². The van der Waals surface area contributed by atoms with Crippen molar-refractivity contribution in [3.63, 3.8) is 0 Å². The van der Waals surface area contributed by atoms with Crippen LogP contribution in [0, 0.1) is 5.41 Å². The highest BCUT2D eigenvalue weighted by atomic mass is 35.5. The molecule has 0 aliphatic heterocycles. The number of nitrogens with one attached hydrogen (secondary N) is 1. The van der Waals surface area contributed by atoms with Gasteiger partial charge in [0.2, 0.25) is 5.91 Å². The maximum absolute atomic E-state index is 11.9. The van der Waals surface area contributed by atoms with Gasteiger partial charge in [-0.2, -0.15) is 0 Å². The molecule has 1 unspecified atom stereocenters. The highest BCUT2D eigenvalue weighted by Gasteiger charge is 2.23. The van der Waals surface area contributed by atoms with Crippen LogP contribution in [0.5, 0.6) is 0 Å². The second kappa shape index (κ2) is 6.40. The Morgan fingerprint density at radius 1 is 1.32 bits per heavy atom. The summed E-state index contributed by atoms with van der Waals surface area (Å²) in [5.41, 5.74) is 0.653. The third-order valence-electron chi connectivity index (χ3n) is 3.02. The molecular weight excluding hydrogens is 260 g/mol. The average molecular weight is 283 g/mol. The quantitative estimate of drug-likeness (QED) is 0.920. The zero-order chi connectivity index (χ0) is 14.6. The minimum atomic E-state index is -0.378. The van der Waals surface area contributed by atoms with Gasteiger partial charge in [0.25, 0.3) is 0 Å². The number of hydrogen-bond donors (Lipinski definition) is 1. The van der Waals surface area contributed by atoms with Gasteiger partial charge < -0.3 is 10.2 Å². The molecule has 0 aliphatic carbocycles. The smallest absolute Gasteiger partial charge is 0.225 e. The number of amides is 1. The first-order valence-electron chi connectivity index (χ1n) is 6.42. The number of carbonyl (C=O) groups excluding carboxylic acids is 1. The molecule has 0 aliphatic rings. The first-order chi connectivity index (χ1) is 8.73. The Kier molecular flexibility index (Phi) is 5.39. The van der Waals surface area contributed by atoms with Crippen molar-refractivity contribution in [3.8, 4) is 0 Å². The van der Waals surface area contributed by atoms with E-state index in [1.165, 1.54) is 0 Å². The molecule has 1 aromatic carbocycles. The van der Waals surface area contributed by atoms with Crippen LogP contribution < -0.4 is 5.32 Å². The zero-order valence-electron chi connectivity index (χ0n) is 12.3. The lowest BCUT2D eigenvalue weighted by molar-refractivity contribution is -0.128. The molecular formula is C15H23ClN2O. The topological polar surface area (TPSA) is 32.3 Å². The van der Waals surface area contributed by atoms with Gasteiger partial charge in [-0.15, -0.1) is 0 Å². The van der Waals surface area contributed by atoms with E-state index in [2.05, 4.69) is 10.2 Å². The lowest BCUT2D eigenvalue weighted by atomic mass is 9.95. The van der Waals surface area contributed by atoms with Crippen molar-refractivity contribution in [1.29, 1.82) is 0 Å². The minimum Gasteiger partial charge on any atom is -0.354 e. The van der Waals surface area contributed by atoms with Crippen molar-refractivity contribution in [3.05, 3.63) is 34.9 Å². The number of rotatable bonds is 4. The van der Waals surface area contributed by atoms with E-state index in [1.54, 1.807) is 0 Å². The Morgan fingerprint density at radius 3 is 2.37 bits per heavy atom. The van der Waals surface area contributed by atoms with E-state index in [1.807, 2.05) is 59.1 Å². The minimum absolute atomic E-state index is 0.0476. The number of hydrogen-bond acceptors (Lipinski definition) is 2. The van der Waals surface area contributed by atoms with Crippen LogP contribution in [0.1, 0.15) is 32.4 Å². The van der Waals surface area contributed by atoms with Crippen LogP contribution in [0.3, 0.4) is 0 Å². The summed E-state index contributed by atoms with van der Waals surface area (Å²) in [6.45, 7) is 6.26. The number of benzene rings is 1. The van der Waals surface area contributed by atoms with Crippen molar-refractivity contribution in [2.24, 2.45) is 5.41 Å². The van der Waals surface area contributed by atoms with E-state index in [0.29, 0.717) is 6.54 Å². The molecule has 0 aromatic heterocycles. The Labute approximate surface area is 120 Å². The van der Waals surface area contributed by atoms with Crippen LogP contribution in [-0.2, 0) is 4.79 Å². The lowest BCUT2D eigenvalue weighted by Gasteiger charge is -2.27. The van der Waals surface area contributed by atoms with Crippen LogP contribution >= 0.6 is 11.6 Å². The summed E-state index contributed by atoms with van der Waals surface area (Å²) in [6.07, 6.45) is 0. The zero-order valence-corrected chi connectivity index (χ0v) is 13.1. The lowest BCUT2D eigenvalue weighted by Crippen LogP contribution is -2.40. The first kappa shape index (κ1) is 16.0. The van der Waals surface area contributed by atoms with Crippen molar-refractivity contribution in [1.82, 2.24) is 10.2 Å². The largest absolute Gasteiger partial charge is 0.354 e. The molecule has 1 N–H and O–H groups in total. The standard InChI is InChI=1S/C15H23ClN2O/c1-15(2,3)14(19)17-10-13(18(4)5)11-8-6-7-9-12(11)16/h6-9,13H,10H2,1-5H3,(H,17,19). The number of halogens is 1. The number of likely N-dealkylation sites (N-methyl/N-ethyl adjacent to an activating group) is 1. The monoisotopic (exact) mass is 282 g/mol. The maximum Gasteiger partial charge on any atom is 0.225 e. The van der Waals surface area contributed by atoms with Gasteiger partial charge in [-0.1, -0.05) is 50.6 Å². The fourth-order valence-electron chi connectivity index (χ4n) is 1.77. The SMILES string of the molecule is CN(C)C(CNC(=O)C(C)(C)C)c1ccccc1Cl. The van der Waals surface area contributed by atoms with E-state index in [4.69, 9.17) is 11.6 Å². The molecule has 0 fully saturated rings. The first-order valence-corrected chi connectivity index (χ1v) is 6.80. The summed E-state index contributed by atoms with van der Waals surface area (Å²) in [4.78, 5) is 14.0. The molecule has 4 heteroatoms. The predicted octanol–water partition coefficient (Wildman–Crippen LogP) is 3.11. The van der Waals surface area contributed by atoms with E-state index < -0.39 is 0 Å². The third kappa shape index (κ3) is 4.51. The Morgan fingerprint density at radius 2 is 1.89 bits per heavy atom. The van der Waals surface area contributed by atoms with Gasteiger partial charge in [0.15, 0.2) is 0 Å². The van der Waals surface area contributed by atoms with Crippen molar-refractivity contribution >= 4 is 17.5 Å². The van der Waals surface area contributed by atoms with Gasteiger partial charge in [-0.3, -0.25) is 4.79 Å². The Hall–Kier alpha value is -1.06. The second-order valence-electron chi connectivity index (χ2n) is 5.96. The maximum atomic E-state index is 11.9. The van der Waals surface area contributed by atoms with Gasteiger partial charge in [0.05, 0.1) is 6.04 Å². The van der Waals surface area contributed by atoms with Gasteiger partial charge in [-0.05, 0) is 25.7 Å². The van der Waals surface area contributed by atoms with Crippen molar-refractivity contribution in [2.45, 2.75) is 26.8 Å². The molecule has 3 nitrogen and oxygen atoms in total. The van der Waals surface area contributed by atoms with Crippen molar-refractivity contribution in [2.75, 3.05) is 20.6 Å². The fraction of sp³-hybridized carbons (Fsp3) is 0.533. The molecule has 19 heavy (non-hydrogen) atoms. The summed E-state index contributed by atoms with van der Waals surface area (Å²) in [6, 6.07) is 7.81. The Balaban J connectivity index is 2.81. The molecule has 0 bridgehead atoms. The van der Waals surface area contributed by atoms with Crippen LogP contribution in [0.15, 0.2) is 24.3 Å². The molecule has 1 aromatic rings. The molecule has 0 heterocycles. The van der Waals surface area contributed by atoms with Crippen LogP contribution in [0.4, 0.5) is 0 Å². The van der Waals surface area contributed by atoms with E-state index in [0.717, 1.165) is 10.6 Å². The third-order valence-corrected chi connectivity index (χ3v) is 3.37. The van der Waals surface area contributed by atoms with Gasteiger partial charge in [0.1, 0.15) is 0 Å². The normalized spacial score (nSPS) is 13.4. The molecule has 0 spiro atoms. The van der Waals surface area contributed by atoms with Gasteiger partial charge in [-0.25, -0.2) is 0 Å². The Bertz CT molecular complexity index is 438. The molecule has 1 atom stereocenters. The van der Waals surface area contributed by atoms with Crippen LogP contribution in [0.2, 0.25) is 5.02 Å². The molecule has 0 radical (unpaired) electrons. The molecule has 1 amide bonds. The van der Waals surface area contributed by atoms with Crippen LogP contribution in [0.25, 0.3) is 0 Å². The summed E-state index contributed by atoms with van der Waals surface area (Å²) < 4.78 is 0. The van der Waals surface area contributed by atoms with E-state index >= 15 is 0 Å². The number of carbonyl (C=O) groups is 1. The predicted molar refractivity (Wildman–Crippen MR) is 80.3 cm³/mol. The van der Waals surface area contributed by atoms with E-state index in [9.17, 15) is 4.79 Å². The summed E-state index contributed by atoms with van der Waals surface area (Å²) >= 11 is 6.23. The highest BCUT2D eigenvalue weighted by Crippen LogP contribution is 2.25. The molecule has 0 saturated heterocycles. The van der Waals surface area contributed by atoms with Crippen molar-refractivity contribution < 1.29 is 4.79 Å². The summed E-state index contributed by atoms with van der Waals surface area (Å²) in [7, 11) is 3.97. The summed E-state index contributed by atoms with van der Waals surface area (Å²) in [5, 5.41) is 3.72. The van der Waals surface area contributed by atoms with E-state index in [-0.39, 0.29) is 17.4 Å².